The van der Waals surface area contributed by atoms with Crippen LogP contribution in [0.25, 0.3) is 17.2 Å². The van der Waals surface area contributed by atoms with Gasteiger partial charge in [-0.05, 0) is 41.2 Å². The first-order valence-electron chi connectivity index (χ1n) is 10.5. The van der Waals surface area contributed by atoms with Gasteiger partial charge in [-0.1, -0.05) is 84.9 Å². The van der Waals surface area contributed by atoms with Crippen LogP contribution in [0.5, 0.6) is 0 Å². The van der Waals surface area contributed by atoms with Crippen LogP contribution in [0.1, 0.15) is 46.3 Å². The molecule has 3 aromatic rings. The Kier molecular flexibility index (Phi) is 6.27. The van der Waals surface area contributed by atoms with E-state index in [1.165, 1.54) is 22.3 Å². The highest BCUT2D eigenvalue weighted by Crippen LogP contribution is 2.44. The molecule has 0 aromatic heterocycles. The summed E-state index contributed by atoms with van der Waals surface area (Å²) in [6.45, 7) is 2.37. The molecule has 0 radical (unpaired) electrons. The number of ketones is 1. The van der Waals surface area contributed by atoms with Gasteiger partial charge in [0.2, 0.25) is 0 Å². The fraction of sp³-hybridized carbons (Fsp3) is 0.185. The summed E-state index contributed by atoms with van der Waals surface area (Å²) in [4.78, 5) is 23.5. The summed E-state index contributed by atoms with van der Waals surface area (Å²) in [5.74, 6) is 0.124. The van der Waals surface area contributed by atoms with E-state index in [9.17, 15) is 9.59 Å². The largest absolute Gasteiger partial charge is 0.449 e. The normalized spacial score (nSPS) is 12.4. The Morgan fingerprint density at radius 3 is 2.13 bits per heavy atom. The summed E-state index contributed by atoms with van der Waals surface area (Å²) in [6.07, 6.45) is 4.26. The number of ether oxygens (including phenoxy) is 1. The lowest BCUT2D eigenvalue weighted by Gasteiger charge is -2.14. The molecule has 0 atom stereocenters. The fourth-order valence-electron chi connectivity index (χ4n) is 3.96. The van der Waals surface area contributed by atoms with Gasteiger partial charge in [0.05, 0.1) is 0 Å². The number of hydrogen-bond acceptors (Lipinski definition) is 3. The van der Waals surface area contributed by atoms with Crippen LogP contribution in [-0.4, -0.2) is 25.0 Å². The Morgan fingerprint density at radius 1 is 0.903 bits per heavy atom. The lowest BCUT2D eigenvalue weighted by atomic mass is 9.98. The third kappa shape index (κ3) is 4.75. The molecule has 4 rings (SSSR count). The Balaban J connectivity index is 1.25. The van der Waals surface area contributed by atoms with E-state index in [0.29, 0.717) is 25.1 Å². The second-order valence-corrected chi connectivity index (χ2v) is 7.62. The van der Waals surface area contributed by atoms with E-state index < -0.39 is 6.09 Å². The van der Waals surface area contributed by atoms with Gasteiger partial charge >= 0.3 is 6.09 Å². The number of alkyl carbamates (subject to hydrolysis) is 1. The van der Waals surface area contributed by atoms with Crippen molar-refractivity contribution in [1.82, 2.24) is 5.32 Å². The topological polar surface area (TPSA) is 55.4 Å². The van der Waals surface area contributed by atoms with Crippen molar-refractivity contribution < 1.29 is 14.3 Å². The van der Waals surface area contributed by atoms with Gasteiger partial charge in [-0.25, -0.2) is 4.79 Å². The highest BCUT2D eigenvalue weighted by atomic mass is 16.5. The number of rotatable bonds is 7. The molecule has 0 spiro atoms. The summed E-state index contributed by atoms with van der Waals surface area (Å²) in [5, 5.41) is 2.81. The SMILES string of the molecule is CC(=O)c1ccc(C=CCCNC(=O)OCC2c3ccccc3-c3ccccc32)cc1. The van der Waals surface area contributed by atoms with Crippen LogP contribution in [0, 0.1) is 0 Å². The van der Waals surface area contributed by atoms with Crippen molar-refractivity contribution in [2.24, 2.45) is 0 Å². The zero-order valence-electron chi connectivity index (χ0n) is 17.5. The molecule has 0 saturated heterocycles. The first-order valence-corrected chi connectivity index (χ1v) is 10.5. The van der Waals surface area contributed by atoms with Crippen molar-refractivity contribution in [3.63, 3.8) is 0 Å². The molecule has 0 bridgehead atoms. The first kappa shape index (κ1) is 20.6. The van der Waals surface area contributed by atoms with Gasteiger partial charge in [-0.3, -0.25) is 4.79 Å². The number of fused-ring (bicyclic) bond motifs is 3. The summed E-state index contributed by atoms with van der Waals surface area (Å²) in [5.41, 5.74) is 6.56. The van der Waals surface area contributed by atoms with Gasteiger partial charge in [0.1, 0.15) is 6.61 Å². The molecule has 4 nitrogen and oxygen atoms in total. The van der Waals surface area contributed by atoms with E-state index in [4.69, 9.17) is 4.74 Å². The van der Waals surface area contributed by atoms with E-state index in [0.717, 1.165) is 5.56 Å². The first-order chi connectivity index (χ1) is 15.1. The molecule has 0 aliphatic heterocycles. The van der Waals surface area contributed by atoms with Crippen molar-refractivity contribution in [1.29, 1.82) is 0 Å². The summed E-state index contributed by atoms with van der Waals surface area (Å²) in [7, 11) is 0. The molecule has 4 heteroatoms. The quantitative estimate of drug-likeness (QED) is 0.393. The van der Waals surface area contributed by atoms with Gasteiger partial charge < -0.3 is 10.1 Å². The van der Waals surface area contributed by atoms with E-state index in [1.54, 1.807) is 6.92 Å². The summed E-state index contributed by atoms with van der Waals surface area (Å²) in [6, 6.07) is 24.0. The lowest BCUT2D eigenvalue weighted by molar-refractivity contribution is 0.101. The maximum atomic E-state index is 12.2. The van der Waals surface area contributed by atoms with E-state index in [1.807, 2.05) is 60.7 Å². The van der Waals surface area contributed by atoms with Crippen LogP contribution in [0.3, 0.4) is 0 Å². The van der Waals surface area contributed by atoms with Crippen molar-refractivity contribution in [3.05, 3.63) is 101 Å². The van der Waals surface area contributed by atoms with E-state index >= 15 is 0 Å². The molecule has 1 amide bonds. The van der Waals surface area contributed by atoms with Gasteiger partial charge in [0, 0.05) is 18.0 Å². The molecule has 1 aliphatic carbocycles. The Morgan fingerprint density at radius 2 is 1.52 bits per heavy atom. The minimum absolute atomic E-state index is 0.0582. The molecular formula is C27H25NO3. The molecule has 0 unspecified atom stereocenters. The van der Waals surface area contributed by atoms with Gasteiger partial charge in [0.25, 0.3) is 0 Å². The van der Waals surface area contributed by atoms with Crippen LogP contribution in [0.2, 0.25) is 0 Å². The van der Waals surface area contributed by atoms with Gasteiger partial charge in [-0.15, -0.1) is 0 Å². The van der Waals surface area contributed by atoms with Crippen molar-refractivity contribution in [2.45, 2.75) is 19.3 Å². The summed E-state index contributed by atoms with van der Waals surface area (Å²) >= 11 is 0. The Hall–Kier alpha value is -3.66. The number of benzene rings is 3. The van der Waals surface area contributed by atoms with Crippen LogP contribution < -0.4 is 5.32 Å². The lowest BCUT2D eigenvalue weighted by Crippen LogP contribution is -2.26. The minimum atomic E-state index is -0.402. The Labute approximate surface area is 182 Å². The van der Waals surface area contributed by atoms with Crippen molar-refractivity contribution >= 4 is 18.0 Å². The summed E-state index contributed by atoms with van der Waals surface area (Å²) < 4.78 is 5.53. The monoisotopic (exact) mass is 411 g/mol. The second kappa shape index (κ2) is 9.43. The highest BCUT2D eigenvalue weighted by molar-refractivity contribution is 5.94. The molecule has 0 saturated carbocycles. The zero-order valence-corrected chi connectivity index (χ0v) is 17.5. The predicted octanol–water partition coefficient (Wildman–Crippen LogP) is 5.83. The minimum Gasteiger partial charge on any atom is -0.449 e. The van der Waals surface area contributed by atoms with Crippen LogP contribution in [0.4, 0.5) is 4.79 Å². The average Bonchev–Trinajstić information content (AvgIpc) is 3.11. The molecule has 1 aliphatic rings. The number of carbonyl (C=O) groups is 2. The maximum Gasteiger partial charge on any atom is 0.407 e. The second-order valence-electron chi connectivity index (χ2n) is 7.62. The zero-order chi connectivity index (χ0) is 21.6. The average molecular weight is 412 g/mol. The fourth-order valence-corrected chi connectivity index (χ4v) is 3.96. The number of amides is 1. The predicted molar refractivity (Wildman–Crippen MR) is 123 cm³/mol. The molecule has 1 N–H and O–H groups in total. The third-order valence-electron chi connectivity index (χ3n) is 5.55. The van der Waals surface area contributed by atoms with Crippen molar-refractivity contribution in [2.75, 3.05) is 13.2 Å². The van der Waals surface area contributed by atoms with E-state index in [2.05, 4.69) is 29.6 Å². The number of hydrogen-bond donors (Lipinski definition) is 1. The molecule has 156 valence electrons. The molecular weight excluding hydrogens is 386 g/mol. The van der Waals surface area contributed by atoms with Crippen LogP contribution >= 0.6 is 0 Å². The molecule has 0 fully saturated rings. The van der Waals surface area contributed by atoms with Gasteiger partial charge in [-0.2, -0.15) is 0 Å². The number of carbonyl (C=O) groups excluding carboxylic acids is 2. The van der Waals surface area contributed by atoms with E-state index in [-0.39, 0.29) is 11.7 Å². The molecule has 31 heavy (non-hydrogen) atoms. The third-order valence-corrected chi connectivity index (χ3v) is 5.55. The van der Waals surface area contributed by atoms with Crippen LogP contribution in [0.15, 0.2) is 78.9 Å². The van der Waals surface area contributed by atoms with Crippen molar-refractivity contribution in [3.8, 4) is 11.1 Å². The Bertz CT molecular complexity index is 1070. The van der Waals surface area contributed by atoms with Crippen LogP contribution in [-0.2, 0) is 4.74 Å². The molecule has 3 aromatic carbocycles. The maximum absolute atomic E-state index is 12.2. The smallest absolute Gasteiger partial charge is 0.407 e. The standard InChI is InChI=1S/C27H25NO3/c1-19(29)21-15-13-20(14-16-21)8-6-7-17-28-27(30)31-18-26-24-11-4-2-9-22(24)23-10-3-5-12-25(23)26/h2-6,8-16,26H,7,17-18H2,1H3,(H,28,30). The van der Waals surface area contributed by atoms with Gasteiger partial charge in [0.15, 0.2) is 5.78 Å². The highest BCUT2D eigenvalue weighted by Gasteiger charge is 2.28. The number of Topliss-reactive ketones (excluding diaryl/α,β-unsaturated/α-hetero) is 1. The molecule has 0 heterocycles. The number of nitrogens with one attached hydrogen (secondary N) is 1.